The number of rotatable bonds is 1. The maximum Gasteiger partial charge on any atom is 0.356 e. The lowest BCUT2D eigenvalue weighted by molar-refractivity contribution is -0.672. The summed E-state index contributed by atoms with van der Waals surface area (Å²) in [5.41, 5.74) is 0.866. The van der Waals surface area contributed by atoms with Crippen molar-refractivity contribution in [2.75, 3.05) is 0 Å². The summed E-state index contributed by atoms with van der Waals surface area (Å²) in [5.74, 6) is -1.46. The van der Waals surface area contributed by atoms with Gasteiger partial charge in [0, 0.05) is 12.1 Å². The van der Waals surface area contributed by atoms with E-state index >= 15 is 0 Å². The number of aromatic nitrogens is 1. The highest BCUT2D eigenvalue weighted by molar-refractivity contribution is 6.75. The first-order valence-electron chi connectivity index (χ1n) is 4.21. The third-order valence-electron chi connectivity index (χ3n) is 1.53. The topological polar surface area (TPSA) is 73.8 Å². The molecule has 1 aromatic rings. The standard InChI is InChI=1S/C7H8N2O.C2HCl3O2/c1-9-5-3-2-4-7(9)6-8-10;3-2(4,5)1(6)7/h2-6H,1H3;(H,6,7)/p+1. The molecule has 0 amide bonds. The van der Waals surface area contributed by atoms with E-state index in [1.165, 1.54) is 6.21 Å². The minimum absolute atomic E-state index is 0.866. The summed E-state index contributed by atoms with van der Waals surface area (Å²) in [6.07, 6.45) is 3.27. The molecular weight excluding hydrogens is 290 g/mol. The number of carbonyl (C=O) groups is 1. The monoisotopic (exact) mass is 299 g/mol. The van der Waals surface area contributed by atoms with Crippen LogP contribution in [-0.4, -0.2) is 26.3 Å². The molecular formula is C9H10Cl3N2O3+. The fourth-order valence-electron chi connectivity index (χ4n) is 0.730. The molecule has 0 saturated heterocycles. The Hall–Kier alpha value is -1.04. The first kappa shape index (κ1) is 16.0. The summed E-state index contributed by atoms with van der Waals surface area (Å²) in [5, 5.41) is 19.0. The Kier molecular flexibility index (Phi) is 6.87. The van der Waals surface area contributed by atoms with Gasteiger partial charge in [0.05, 0.1) is 0 Å². The molecule has 8 heteroatoms. The van der Waals surface area contributed by atoms with Gasteiger partial charge in [-0.3, -0.25) is 0 Å². The van der Waals surface area contributed by atoms with E-state index in [1.54, 1.807) is 0 Å². The van der Waals surface area contributed by atoms with Gasteiger partial charge in [-0.2, -0.15) is 0 Å². The molecule has 94 valence electrons. The normalized spacial score (nSPS) is 10.8. The lowest BCUT2D eigenvalue weighted by Gasteiger charge is -1.99. The quantitative estimate of drug-likeness (QED) is 0.273. The van der Waals surface area contributed by atoms with Crippen molar-refractivity contribution in [3.8, 4) is 0 Å². The molecule has 1 heterocycles. The molecule has 0 fully saturated rings. The molecule has 0 aliphatic carbocycles. The molecule has 0 spiro atoms. The van der Waals surface area contributed by atoms with Crippen LogP contribution in [0.5, 0.6) is 0 Å². The second-order valence-electron chi connectivity index (χ2n) is 2.78. The molecule has 0 atom stereocenters. The van der Waals surface area contributed by atoms with E-state index in [0.717, 1.165) is 5.69 Å². The van der Waals surface area contributed by atoms with Crippen LogP contribution in [0.15, 0.2) is 29.6 Å². The van der Waals surface area contributed by atoms with E-state index in [0.29, 0.717) is 0 Å². The Bertz CT molecular complexity index is 405. The molecule has 0 aromatic carbocycles. The van der Waals surface area contributed by atoms with Crippen molar-refractivity contribution < 1.29 is 19.7 Å². The van der Waals surface area contributed by atoms with Crippen molar-refractivity contribution in [1.82, 2.24) is 0 Å². The van der Waals surface area contributed by atoms with Crippen LogP contribution in [0.4, 0.5) is 0 Å². The molecule has 0 radical (unpaired) electrons. The van der Waals surface area contributed by atoms with Gasteiger partial charge in [-0.15, -0.1) is 0 Å². The number of pyridine rings is 1. The number of halogens is 3. The number of oxime groups is 1. The highest BCUT2D eigenvalue weighted by Crippen LogP contribution is 2.25. The van der Waals surface area contributed by atoms with Crippen LogP contribution in [0, 0.1) is 0 Å². The van der Waals surface area contributed by atoms with Crippen molar-refractivity contribution >= 4 is 47.0 Å². The third-order valence-corrected chi connectivity index (χ3v) is 2.01. The largest absolute Gasteiger partial charge is 0.478 e. The van der Waals surface area contributed by atoms with Gasteiger partial charge in [-0.1, -0.05) is 40.0 Å². The van der Waals surface area contributed by atoms with Crippen molar-refractivity contribution in [3.63, 3.8) is 0 Å². The van der Waals surface area contributed by atoms with E-state index in [4.69, 9.17) is 45.1 Å². The molecule has 0 unspecified atom stereocenters. The fraction of sp³-hybridized carbons (Fsp3) is 0.222. The summed E-state index contributed by atoms with van der Waals surface area (Å²) in [7, 11) is 1.89. The van der Waals surface area contributed by atoms with Crippen LogP contribution < -0.4 is 4.57 Å². The van der Waals surface area contributed by atoms with Gasteiger partial charge in [0.2, 0.25) is 5.69 Å². The first-order valence-corrected chi connectivity index (χ1v) is 5.34. The Labute approximate surface area is 113 Å². The second kappa shape index (κ2) is 7.32. The predicted octanol–water partition coefficient (Wildman–Crippen LogP) is 1.76. The van der Waals surface area contributed by atoms with Gasteiger partial charge in [0.15, 0.2) is 6.20 Å². The van der Waals surface area contributed by atoms with Crippen molar-refractivity contribution in [2.45, 2.75) is 3.79 Å². The number of aryl methyl sites for hydroxylation is 1. The SMILES string of the molecule is C[n+]1ccccc1/C=N/O.O=C(O)C(Cl)(Cl)Cl. The van der Waals surface area contributed by atoms with Gasteiger partial charge < -0.3 is 10.3 Å². The van der Waals surface area contributed by atoms with E-state index in [1.807, 2.05) is 36.0 Å². The Balaban J connectivity index is 0.000000325. The highest BCUT2D eigenvalue weighted by Gasteiger charge is 2.29. The number of carboxylic acids is 1. The smallest absolute Gasteiger partial charge is 0.356 e. The van der Waals surface area contributed by atoms with Crippen molar-refractivity contribution in [2.24, 2.45) is 12.2 Å². The van der Waals surface area contributed by atoms with Gasteiger partial charge in [0.1, 0.15) is 13.3 Å². The summed E-state index contributed by atoms with van der Waals surface area (Å²) in [4.78, 5) is 9.62. The van der Waals surface area contributed by atoms with Crippen LogP contribution in [0.3, 0.4) is 0 Å². The minimum Gasteiger partial charge on any atom is -0.478 e. The molecule has 1 aromatic heterocycles. The van der Waals surface area contributed by atoms with Crippen LogP contribution >= 0.6 is 34.8 Å². The second-order valence-corrected chi connectivity index (χ2v) is 5.07. The fourth-order valence-corrected chi connectivity index (χ4v) is 0.730. The van der Waals surface area contributed by atoms with E-state index in [-0.39, 0.29) is 0 Å². The number of hydrogen-bond donors (Lipinski definition) is 2. The maximum atomic E-state index is 9.62. The Morgan fingerprint density at radius 2 is 2.00 bits per heavy atom. The molecule has 2 N–H and O–H groups in total. The lowest BCUT2D eigenvalue weighted by Crippen LogP contribution is -2.32. The summed E-state index contributed by atoms with van der Waals surface area (Å²) in [6.45, 7) is 0. The predicted molar refractivity (Wildman–Crippen MR) is 64.9 cm³/mol. The van der Waals surface area contributed by atoms with E-state index < -0.39 is 9.76 Å². The van der Waals surface area contributed by atoms with Gasteiger partial charge in [0.25, 0.3) is 3.79 Å². The van der Waals surface area contributed by atoms with Gasteiger partial charge in [-0.05, 0) is 6.07 Å². The zero-order valence-electron chi connectivity index (χ0n) is 8.72. The summed E-state index contributed by atoms with van der Waals surface area (Å²) >= 11 is 14.4. The zero-order chi connectivity index (χ0) is 13.5. The highest BCUT2D eigenvalue weighted by atomic mass is 35.6. The van der Waals surface area contributed by atoms with Crippen molar-refractivity contribution in [3.05, 3.63) is 30.1 Å². The molecule has 0 bridgehead atoms. The molecule has 0 saturated carbocycles. The first-order chi connectivity index (χ1) is 7.79. The van der Waals surface area contributed by atoms with Crippen LogP contribution in [0.2, 0.25) is 0 Å². The Morgan fingerprint density at radius 1 is 1.47 bits per heavy atom. The average Bonchev–Trinajstić information content (AvgIpc) is 2.21. The average molecular weight is 301 g/mol. The maximum absolute atomic E-state index is 9.62. The zero-order valence-corrected chi connectivity index (χ0v) is 11.0. The summed E-state index contributed by atoms with van der Waals surface area (Å²) < 4.78 is -0.306. The van der Waals surface area contributed by atoms with Gasteiger partial charge >= 0.3 is 5.97 Å². The van der Waals surface area contributed by atoms with Gasteiger partial charge in [-0.25, -0.2) is 9.36 Å². The van der Waals surface area contributed by atoms with Crippen LogP contribution in [0.25, 0.3) is 0 Å². The molecule has 1 rings (SSSR count). The molecule has 0 aliphatic rings. The lowest BCUT2D eigenvalue weighted by atomic mass is 10.4. The number of carboxylic acid groups (broad SMARTS) is 1. The number of alkyl halides is 3. The van der Waals surface area contributed by atoms with Crippen LogP contribution in [0.1, 0.15) is 5.69 Å². The molecule has 5 nitrogen and oxygen atoms in total. The molecule has 0 aliphatic heterocycles. The number of aliphatic carboxylic acids is 1. The third kappa shape index (κ3) is 6.99. The number of nitrogens with zero attached hydrogens (tertiary/aromatic N) is 2. The summed E-state index contributed by atoms with van der Waals surface area (Å²) in [6, 6.07) is 5.66. The molecule has 17 heavy (non-hydrogen) atoms. The van der Waals surface area contributed by atoms with Crippen LogP contribution in [-0.2, 0) is 11.8 Å². The van der Waals surface area contributed by atoms with E-state index in [2.05, 4.69) is 5.16 Å². The Morgan fingerprint density at radius 3 is 2.35 bits per heavy atom. The van der Waals surface area contributed by atoms with Crippen molar-refractivity contribution in [1.29, 1.82) is 0 Å². The van der Waals surface area contributed by atoms with E-state index in [9.17, 15) is 4.79 Å². The minimum atomic E-state index is -2.17. The number of hydrogen-bond acceptors (Lipinski definition) is 3.